The standard InChI is InChI=1S/C25H16Cl4N2O4/c1-13-18(27)6-3-7-21(13)31-24(33)17(23(32)30-25(31)34)9-15-10-19(28)22(20(29)11-15)35-12-14-4-2-5-16(26)8-14/h2-11H,12H2,1H3,(H,30,32,34)/b17-9+. The van der Waals surface area contributed by atoms with Crippen molar-refractivity contribution in [2.45, 2.75) is 13.5 Å². The van der Waals surface area contributed by atoms with E-state index in [1.807, 2.05) is 6.07 Å². The van der Waals surface area contributed by atoms with E-state index in [9.17, 15) is 14.4 Å². The van der Waals surface area contributed by atoms with Crippen LogP contribution in [0.2, 0.25) is 20.1 Å². The van der Waals surface area contributed by atoms with Gasteiger partial charge in [0.25, 0.3) is 11.8 Å². The maximum Gasteiger partial charge on any atom is 0.335 e. The molecular formula is C25H16Cl4N2O4. The van der Waals surface area contributed by atoms with Crippen LogP contribution in [0.5, 0.6) is 5.75 Å². The lowest BCUT2D eigenvalue weighted by Gasteiger charge is -2.27. The minimum atomic E-state index is -0.872. The number of amides is 4. The average molecular weight is 550 g/mol. The molecule has 4 amide bonds. The number of halogens is 4. The van der Waals surface area contributed by atoms with Crippen LogP contribution in [0.15, 0.2) is 60.2 Å². The molecule has 6 nitrogen and oxygen atoms in total. The number of ether oxygens (including phenoxy) is 1. The number of nitrogens with zero attached hydrogens (tertiary/aromatic N) is 1. The van der Waals surface area contributed by atoms with E-state index in [1.54, 1.807) is 43.3 Å². The molecule has 0 atom stereocenters. The normalized spacial score (nSPS) is 14.9. The number of imide groups is 2. The lowest BCUT2D eigenvalue weighted by molar-refractivity contribution is -0.122. The van der Waals surface area contributed by atoms with Gasteiger partial charge in [0.15, 0.2) is 5.75 Å². The smallest absolute Gasteiger partial charge is 0.335 e. The molecule has 0 spiro atoms. The summed E-state index contributed by atoms with van der Waals surface area (Å²) in [6, 6.07) is 14.1. The van der Waals surface area contributed by atoms with E-state index in [1.165, 1.54) is 18.2 Å². The number of rotatable bonds is 5. The maximum atomic E-state index is 13.2. The van der Waals surface area contributed by atoms with Crippen LogP contribution in [0, 0.1) is 6.92 Å². The Morgan fingerprint density at radius 1 is 0.914 bits per heavy atom. The highest BCUT2D eigenvalue weighted by molar-refractivity contribution is 6.40. The first kappa shape index (κ1) is 25.1. The Hall–Kier alpha value is -3.03. The van der Waals surface area contributed by atoms with Crippen molar-refractivity contribution in [2.75, 3.05) is 4.90 Å². The third kappa shape index (κ3) is 5.31. The molecule has 1 heterocycles. The van der Waals surface area contributed by atoms with Crippen molar-refractivity contribution in [1.82, 2.24) is 5.32 Å². The van der Waals surface area contributed by atoms with E-state index in [0.717, 1.165) is 10.5 Å². The van der Waals surface area contributed by atoms with Gasteiger partial charge in [-0.1, -0.05) is 64.6 Å². The van der Waals surface area contributed by atoms with E-state index < -0.39 is 17.8 Å². The highest BCUT2D eigenvalue weighted by Gasteiger charge is 2.37. The van der Waals surface area contributed by atoms with Gasteiger partial charge in [0.1, 0.15) is 12.2 Å². The lowest BCUT2D eigenvalue weighted by Crippen LogP contribution is -2.54. The molecule has 3 aromatic carbocycles. The van der Waals surface area contributed by atoms with Crippen molar-refractivity contribution in [1.29, 1.82) is 0 Å². The molecule has 0 aliphatic carbocycles. The molecule has 0 saturated carbocycles. The number of carbonyl (C=O) groups excluding carboxylic acids is 3. The molecule has 0 aromatic heterocycles. The monoisotopic (exact) mass is 548 g/mol. The van der Waals surface area contributed by atoms with E-state index >= 15 is 0 Å². The van der Waals surface area contributed by atoms with E-state index in [-0.39, 0.29) is 33.7 Å². The molecule has 35 heavy (non-hydrogen) atoms. The summed E-state index contributed by atoms with van der Waals surface area (Å²) in [6.07, 6.45) is 1.30. The molecule has 0 radical (unpaired) electrons. The Kier molecular flexibility index (Phi) is 7.38. The summed E-state index contributed by atoms with van der Waals surface area (Å²) < 4.78 is 5.75. The summed E-state index contributed by atoms with van der Waals surface area (Å²) in [5, 5.41) is 3.47. The van der Waals surface area contributed by atoms with Gasteiger partial charge < -0.3 is 4.74 Å². The minimum Gasteiger partial charge on any atom is -0.486 e. The van der Waals surface area contributed by atoms with E-state index in [2.05, 4.69) is 5.32 Å². The number of hydrogen-bond donors (Lipinski definition) is 1. The summed E-state index contributed by atoms with van der Waals surface area (Å²) in [4.78, 5) is 39.0. The Labute approximate surface area is 221 Å². The van der Waals surface area contributed by atoms with Crippen LogP contribution in [-0.4, -0.2) is 17.8 Å². The molecule has 3 aromatic rings. The van der Waals surface area contributed by atoms with Crippen molar-refractivity contribution < 1.29 is 19.1 Å². The Morgan fingerprint density at radius 2 is 1.60 bits per heavy atom. The zero-order chi connectivity index (χ0) is 25.3. The van der Waals surface area contributed by atoms with Gasteiger partial charge in [-0.05, 0) is 66.1 Å². The molecular weight excluding hydrogens is 534 g/mol. The number of urea groups is 1. The summed E-state index contributed by atoms with van der Waals surface area (Å²) >= 11 is 24.9. The zero-order valence-corrected chi connectivity index (χ0v) is 21.1. The second kappa shape index (κ2) is 10.3. The molecule has 10 heteroatoms. The second-order valence-corrected chi connectivity index (χ2v) is 9.23. The summed E-state index contributed by atoms with van der Waals surface area (Å²) in [5.41, 5.74) is 1.69. The van der Waals surface area contributed by atoms with Gasteiger partial charge in [0.05, 0.1) is 15.7 Å². The maximum absolute atomic E-state index is 13.2. The third-order valence-corrected chi connectivity index (χ3v) is 6.39. The molecule has 0 unspecified atom stereocenters. The molecule has 0 bridgehead atoms. The average Bonchev–Trinajstić information content (AvgIpc) is 2.79. The molecule has 4 rings (SSSR count). The van der Waals surface area contributed by atoms with Crippen LogP contribution in [0.4, 0.5) is 10.5 Å². The quantitative estimate of drug-likeness (QED) is 0.279. The summed E-state index contributed by atoms with van der Waals surface area (Å²) in [6.45, 7) is 1.84. The second-order valence-electron chi connectivity index (χ2n) is 7.57. The third-order valence-electron chi connectivity index (χ3n) is 5.19. The number of anilines is 1. The first-order chi connectivity index (χ1) is 16.7. The number of benzene rings is 3. The van der Waals surface area contributed by atoms with E-state index in [0.29, 0.717) is 21.2 Å². The molecule has 1 saturated heterocycles. The Balaban J connectivity index is 1.63. The summed E-state index contributed by atoms with van der Waals surface area (Å²) in [5.74, 6) is -1.41. The van der Waals surface area contributed by atoms with Crippen molar-refractivity contribution in [3.8, 4) is 5.75 Å². The van der Waals surface area contributed by atoms with Gasteiger partial charge in [-0.2, -0.15) is 0 Å². The van der Waals surface area contributed by atoms with Crippen molar-refractivity contribution in [2.24, 2.45) is 0 Å². The number of carbonyl (C=O) groups is 3. The Morgan fingerprint density at radius 3 is 2.29 bits per heavy atom. The fourth-order valence-corrected chi connectivity index (χ4v) is 4.46. The largest absolute Gasteiger partial charge is 0.486 e. The predicted molar refractivity (Wildman–Crippen MR) is 137 cm³/mol. The lowest BCUT2D eigenvalue weighted by atomic mass is 10.1. The number of barbiturate groups is 1. The highest BCUT2D eigenvalue weighted by atomic mass is 35.5. The fraction of sp³-hybridized carbons (Fsp3) is 0.0800. The van der Waals surface area contributed by atoms with Gasteiger partial charge in [-0.3, -0.25) is 14.9 Å². The predicted octanol–water partition coefficient (Wildman–Crippen LogP) is 6.85. The first-order valence-electron chi connectivity index (χ1n) is 10.2. The van der Waals surface area contributed by atoms with Crippen molar-refractivity contribution >= 4 is 76.0 Å². The fourth-order valence-electron chi connectivity index (χ4n) is 3.46. The molecule has 1 aliphatic heterocycles. The van der Waals surface area contributed by atoms with Gasteiger partial charge >= 0.3 is 6.03 Å². The summed E-state index contributed by atoms with van der Waals surface area (Å²) in [7, 11) is 0. The molecule has 1 N–H and O–H groups in total. The number of nitrogens with one attached hydrogen (secondary N) is 1. The topological polar surface area (TPSA) is 75.7 Å². The van der Waals surface area contributed by atoms with Crippen LogP contribution in [0.3, 0.4) is 0 Å². The Bertz CT molecular complexity index is 1380. The van der Waals surface area contributed by atoms with Crippen LogP contribution >= 0.6 is 46.4 Å². The molecule has 1 fully saturated rings. The number of hydrogen-bond acceptors (Lipinski definition) is 4. The van der Waals surface area contributed by atoms with Gasteiger partial charge in [0, 0.05) is 10.0 Å². The SMILES string of the molecule is Cc1c(Cl)cccc1N1C(=O)NC(=O)/C(=C\c2cc(Cl)c(OCc3cccc(Cl)c3)c(Cl)c2)C1=O. The van der Waals surface area contributed by atoms with Crippen LogP contribution < -0.4 is 15.0 Å². The van der Waals surface area contributed by atoms with E-state index in [4.69, 9.17) is 51.1 Å². The van der Waals surface area contributed by atoms with Gasteiger partial charge in [0.2, 0.25) is 0 Å². The zero-order valence-electron chi connectivity index (χ0n) is 18.1. The van der Waals surface area contributed by atoms with Gasteiger partial charge in [-0.25, -0.2) is 9.69 Å². The van der Waals surface area contributed by atoms with Crippen molar-refractivity contribution in [3.05, 3.63) is 97.0 Å². The van der Waals surface area contributed by atoms with Crippen LogP contribution in [0.1, 0.15) is 16.7 Å². The van der Waals surface area contributed by atoms with Gasteiger partial charge in [-0.15, -0.1) is 0 Å². The molecule has 1 aliphatic rings. The molecule has 178 valence electrons. The van der Waals surface area contributed by atoms with Crippen molar-refractivity contribution in [3.63, 3.8) is 0 Å². The highest BCUT2D eigenvalue weighted by Crippen LogP contribution is 2.36. The first-order valence-corrected chi connectivity index (χ1v) is 11.7. The van der Waals surface area contributed by atoms with Crippen LogP contribution in [0.25, 0.3) is 6.08 Å². The minimum absolute atomic E-state index is 0.175. The van der Waals surface area contributed by atoms with Crippen LogP contribution in [-0.2, 0) is 16.2 Å².